The molecule has 3 heterocycles. The van der Waals surface area contributed by atoms with Crippen molar-refractivity contribution in [2.24, 2.45) is 10.7 Å². The van der Waals surface area contributed by atoms with Gasteiger partial charge >= 0.3 is 0 Å². The molecule has 2 aliphatic heterocycles. The lowest BCUT2D eigenvalue weighted by Crippen LogP contribution is -2.50. The van der Waals surface area contributed by atoms with Gasteiger partial charge in [0.25, 0.3) is 0 Å². The van der Waals surface area contributed by atoms with E-state index in [0.29, 0.717) is 5.84 Å². The number of rotatable bonds is 4. The van der Waals surface area contributed by atoms with Crippen LogP contribution in [0.15, 0.2) is 60.0 Å². The van der Waals surface area contributed by atoms with Crippen molar-refractivity contribution in [3.8, 4) is 0 Å². The first-order valence-electron chi connectivity index (χ1n) is 11.9. The molecule has 34 heavy (non-hydrogen) atoms. The van der Waals surface area contributed by atoms with Crippen LogP contribution >= 0.6 is 0 Å². The lowest BCUT2D eigenvalue weighted by Gasteiger charge is -2.32. The number of hydrogen-bond donors (Lipinski definition) is 4. The summed E-state index contributed by atoms with van der Waals surface area (Å²) < 4.78 is 1.95. The number of amidine groups is 1. The van der Waals surface area contributed by atoms with Gasteiger partial charge in [-0.3, -0.25) is 10.4 Å². The van der Waals surface area contributed by atoms with Gasteiger partial charge in [-0.05, 0) is 63.9 Å². The number of nitrogens with two attached hydrogens (primary N) is 1. The van der Waals surface area contributed by atoms with E-state index < -0.39 is 5.79 Å². The fraction of sp³-hybridized carbons (Fsp3) is 0.333. The molecule has 0 spiro atoms. The fourth-order valence-corrected chi connectivity index (χ4v) is 4.63. The molecule has 2 aliphatic rings. The van der Waals surface area contributed by atoms with E-state index in [2.05, 4.69) is 85.1 Å². The highest BCUT2D eigenvalue weighted by molar-refractivity contribution is 6.28. The van der Waals surface area contributed by atoms with E-state index in [1.54, 1.807) is 0 Å². The average Bonchev–Trinajstić information content (AvgIpc) is 3.29. The summed E-state index contributed by atoms with van der Waals surface area (Å²) >= 11 is 0. The predicted octanol–water partition coefficient (Wildman–Crippen LogP) is 3.95. The van der Waals surface area contributed by atoms with Crippen molar-refractivity contribution in [1.82, 2.24) is 20.4 Å². The van der Waals surface area contributed by atoms with Crippen LogP contribution in [0.25, 0.3) is 5.57 Å². The highest BCUT2D eigenvalue weighted by atomic mass is 15.3. The van der Waals surface area contributed by atoms with Gasteiger partial charge < -0.3 is 16.0 Å². The van der Waals surface area contributed by atoms with Crippen LogP contribution in [0, 0.1) is 13.8 Å². The van der Waals surface area contributed by atoms with Crippen LogP contribution < -0.4 is 21.7 Å². The molecule has 3 aromatic rings. The SMILES string of the molecule is Cc1cc(C)cc(C2(N)N=C(Nc3ccc4c(c3)CNCC4)C(c3cnn(C(C)C)c3)=CN2)c1. The van der Waals surface area contributed by atoms with Gasteiger partial charge in [0, 0.05) is 47.4 Å². The third-order valence-corrected chi connectivity index (χ3v) is 6.44. The number of fused-ring (bicyclic) bond motifs is 1. The van der Waals surface area contributed by atoms with Crippen molar-refractivity contribution in [2.75, 3.05) is 11.9 Å². The maximum absolute atomic E-state index is 6.85. The number of aryl methyl sites for hydroxylation is 2. The summed E-state index contributed by atoms with van der Waals surface area (Å²) in [4.78, 5) is 5.04. The van der Waals surface area contributed by atoms with E-state index in [0.717, 1.165) is 53.0 Å². The minimum atomic E-state index is -1.08. The fourth-order valence-electron chi connectivity index (χ4n) is 4.63. The molecule has 176 valence electrons. The van der Waals surface area contributed by atoms with E-state index in [4.69, 9.17) is 10.7 Å². The number of nitrogens with zero attached hydrogens (tertiary/aromatic N) is 3. The zero-order chi connectivity index (χ0) is 23.9. The molecule has 5 rings (SSSR count). The zero-order valence-corrected chi connectivity index (χ0v) is 20.3. The molecule has 1 atom stereocenters. The highest BCUT2D eigenvalue weighted by Crippen LogP contribution is 2.29. The van der Waals surface area contributed by atoms with Crippen molar-refractivity contribution < 1.29 is 0 Å². The van der Waals surface area contributed by atoms with Crippen LogP contribution in [0.2, 0.25) is 0 Å². The Hall–Kier alpha value is -3.42. The number of aromatic nitrogens is 2. The first-order chi connectivity index (χ1) is 16.3. The molecule has 0 fully saturated rings. The van der Waals surface area contributed by atoms with Crippen molar-refractivity contribution in [2.45, 2.75) is 52.5 Å². The molecule has 5 N–H and O–H groups in total. The maximum atomic E-state index is 6.85. The molecule has 0 saturated heterocycles. The molecule has 0 bridgehead atoms. The quantitative estimate of drug-likeness (QED) is 0.478. The lowest BCUT2D eigenvalue weighted by molar-refractivity contribution is 0.411. The van der Waals surface area contributed by atoms with Crippen LogP contribution in [-0.2, 0) is 18.8 Å². The van der Waals surface area contributed by atoms with Crippen molar-refractivity contribution >= 4 is 17.1 Å². The van der Waals surface area contributed by atoms with E-state index in [1.807, 2.05) is 23.3 Å². The second kappa shape index (κ2) is 8.74. The smallest absolute Gasteiger partial charge is 0.211 e. The Morgan fingerprint density at radius 1 is 1.09 bits per heavy atom. The minimum absolute atomic E-state index is 0.274. The molecule has 7 nitrogen and oxygen atoms in total. The number of benzene rings is 2. The highest BCUT2D eigenvalue weighted by Gasteiger charge is 2.32. The minimum Gasteiger partial charge on any atom is -0.351 e. The second-order valence-corrected chi connectivity index (χ2v) is 9.64. The van der Waals surface area contributed by atoms with Crippen LogP contribution in [0.5, 0.6) is 0 Å². The number of nitrogens with one attached hydrogen (secondary N) is 3. The average molecular weight is 456 g/mol. The largest absolute Gasteiger partial charge is 0.351 e. The molecule has 1 aromatic heterocycles. The van der Waals surface area contributed by atoms with Crippen LogP contribution in [0.1, 0.15) is 53.3 Å². The molecule has 0 saturated carbocycles. The topological polar surface area (TPSA) is 92.3 Å². The summed E-state index contributed by atoms with van der Waals surface area (Å²) in [6.07, 6.45) is 6.93. The summed E-state index contributed by atoms with van der Waals surface area (Å²) in [6.45, 7) is 10.3. The molecular weight excluding hydrogens is 422 g/mol. The van der Waals surface area contributed by atoms with Gasteiger partial charge in [-0.2, -0.15) is 5.10 Å². The summed E-state index contributed by atoms with van der Waals surface area (Å²) in [5, 5.41) is 14.9. The predicted molar refractivity (Wildman–Crippen MR) is 138 cm³/mol. The summed E-state index contributed by atoms with van der Waals surface area (Å²) in [5.74, 6) is -0.362. The molecule has 1 unspecified atom stereocenters. The van der Waals surface area contributed by atoms with Gasteiger partial charge in [-0.15, -0.1) is 0 Å². The van der Waals surface area contributed by atoms with Gasteiger partial charge in [-0.25, -0.2) is 4.99 Å². The number of aliphatic imine (C=N–C) groups is 1. The first kappa shape index (κ1) is 22.4. The molecule has 0 amide bonds. The van der Waals surface area contributed by atoms with E-state index in [1.165, 1.54) is 11.1 Å². The molecule has 0 radical (unpaired) electrons. The van der Waals surface area contributed by atoms with E-state index >= 15 is 0 Å². The van der Waals surface area contributed by atoms with Gasteiger partial charge in [0.2, 0.25) is 5.79 Å². The van der Waals surface area contributed by atoms with Gasteiger partial charge in [0.15, 0.2) is 0 Å². The van der Waals surface area contributed by atoms with Crippen LogP contribution in [0.4, 0.5) is 5.69 Å². The standard InChI is InChI=1S/C27H33N7/c1-17(2)34-16-22(14-31-34)25-15-30-27(28,23-10-18(3)9-19(4)11-23)33-26(25)32-24-6-5-20-7-8-29-13-21(20)12-24/h5-6,9-12,14-17,29-30H,7-8,13,28H2,1-4H3,(H,32,33). The van der Waals surface area contributed by atoms with Gasteiger partial charge in [0.05, 0.1) is 6.20 Å². The van der Waals surface area contributed by atoms with Gasteiger partial charge in [0.1, 0.15) is 5.84 Å². The Bertz CT molecular complexity index is 1260. The number of hydrogen-bond acceptors (Lipinski definition) is 6. The Labute approximate surface area is 201 Å². The van der Waals surface area contributed by atoms with E-state index in [9.17, 15) is 0 Å². The monoisotopic (exact) mass is 455 g/mol. The second-order valence-electron chi connectivity index (χ2n) is 9.64. The molecule has 0 aliphatic carbocycles. The third-order valence-electron chi connectivity index (χ3n) is 6.44. The third kappa shape index (κ3) is 4.36. The Kier molecular flexibility index (Phi) is 5.75. The van der Waals surface area contributed by atoms with Crippen LogP contribution in [0.3, 0.4) is 0 Å². The normalized spacial score (nSPS) is 19.8. The van der Waals surface area contributed by atoms with Gasteiger partial charge in [-0.1, -0.05) is 35.4 Å². The van der Waals surface area contributed by atoms with Crippen molar-refractivity contribution in [3.63, 3.8) is 0 Å². The Morgan fingerprint density at radius 3 is 2.62 bits per heavy atom. The Morgan fingerprint density at radius 2 is 1.88 bits per heavy atom. The number of anilines is 1. The molecular formula is C27H33N7. The molecule has 7 heteroatoms. The van der Waals surface area contributed by atoms with Crippen molar-refractivity contribution in [3.05, 3.63) is 88.4 Å². The van der Waals surface area contributed by atoms with Crippen molar-refractivity contribution in [1.29, 1.82) is 0 Å². The van der Waals surface area contributed by atoms with E-state index in [-0.39, 0.29) is 6.04 Å². The lowest BCUT2D eigenvalue weighted by atomic mass is 9.99. The summed E-state index contributed by atoms with van der Waals surface area (Å²) in [7, 11) is 0. The summed E-state index contributed by atoms with van der Waals surface area (Å²) in [6, 6.07) is 13.1. The first-order valence-corrected chi connectivity index (χ1v) is 11.9. The van der Waals surface area contributed by atoms with Crippen LogP contribution in [-0.4, -0.2) is 22.2 Å². The molecule has 2 aromatic carbocycles. The Balaban J connectivity index is 1.55. The maximum Gasteiger partial charge on any atom is 0.211 e. The summed E-state index contributed by atoms with van der Waals surface area (Å²) in [5.41, 5.74) is 15.7. The zero-order valence-electron chi connectivity index (χ0n) is 20.3.